The summed E-state index contributed by atoms with van der Waals surface area (Å²) in [5.41, 5.74) is 1.23. The predicted molar refractivity (Wildman–Crippen MR) is 74.5 cm³/mol. The first-order valence-electron chi connectivity index (χ1n) is 6.47. The molecule has 98 valence electrons. The number of thiazole rings is 1. The summed E-state index contributed by atoms with van der Waals surface area (Å²) >= 11 is 1.71. The third kappa shape index (κ3) is 3.40. The minimum absolute atomic E-state index is 0.347. The van der Waals surface area contributed by atoms with Crippen molar-refractivity contribution in [3.05, 3.63) is 34.5 Å². The van der Waals surface area contributed by atoms with Crippen molar-refractivity contribution in [3.8, 4) is 0 Å². The molecule has 1 unspecified atom stereocenters. The van der Waals surface area contributed by atoms with E-state index in [1.54, 1.807) is 11.3 Å². The number of hydrogen-bond acceptors (Lipinski definition) is 4. The van der Waals surface area contributed by atoms with Crippen LogP contribution in [0.2, 0.25) is 0 Å². The van der Waals surface area contributed by atoms with Gasteiger partial charge in [-0.15, -0.1) is 11.3 Å². The van der Waals surface area contributed by atoms with E-state index in [0.29, 0.717) is 6.04 Å². The maximum Gasteiger partial charge on any atom is 0.109 e. The van der Waals surface area contributed by atoms with Crippen LogP contribution in [0, 0.1) is 0 Å². The van der Waals surface area contributed by atoms with Crippen LogP contribution in [0.3, 0.4) is 0 Å². The first-order chi connectivity index (χ1) is 8.83. The summed E-state index contributed by atoms with van der Waals surface area (Å²) in [7, 11) is 0. The van der Waals surface area contributed by atoms with Crippen molar-refractivity contribution in [2.75, 3.05) is 0 Å². The fourth-order valence-corrected chi connectivity index (χ4v) is 2.70. The van der Waals surface area contributed by atoms with Gasteiger partial charge in [-0.05, 0) is 12.8 Å². The molecule has 1 N–H and O–H groups in total. The molecule has 2 heterocycles. The SMILES string of the molecule is CCCn1cc(CNC(CC)c2nccs2)cn1. The van der Waals surface area contributed by atoms with Crippen molar-refractivity contribution in [1.82, 2.24) is 20.1 Å². The highest BCUT2D eigenvalue weighted by Crippen LogP contribution is 2.19. The Kier molecular flexibility index (Phi) is 4.90. The molecule has 0 bridgehead atoms. The van der Waals surface area contributed by atoms with Crippen LogP contribution in [0.5, 0.6) is 0 Å². The van der Waals surface area contributed by atoms with Crippen molar-refractivity contribution in [2.24, 2.45) is 0 Å². The Bertz CT molecular complexity index is 449. The lowest BCUT2D eigenvalue weighted by atomic mass is 10.2. The zero-order chi connectivity index (χ0) is 12.8. The molecule has 0 spiro atoms. The van der Waals surface area contributed by atoms with Gasteiger partial charge in [0.1, 0.15) is 5.01 Å². The highest BCUT2D eigenvalue weighted by Gasteiger charge is 2.11. The van der Waals surface area contributed by atoms with Crippen LogP contribution in [0.1, 0.15) is 43.3 Å². The van der Waals surface area contributed by atoms with E-state index < -0.39 is 0 Å². The number of aromatic nitrogens is 3. The van der Waals surface area contributed by atoms with Gasteiger partial charge in [0.05, 0.1) is 12.2 Å². The maximum absolute atomic E-state index is 4.37. The van der Waals surface area contributed by atoms with Crippen molar-refractivity contribution >= 4 is 11.3 Å². The molecule has 0 saturated carbocycles. The van der Waals surface area contributed by atoms with Gasteiger partial charge in [0.2, 0.25) is 0 Å². The minimum Gasteiger partial charge on any atom is -0.304 e. The van der Waals surface area contributed by atoms with Crippen molar-refractivity contribution in [2.45, 2.75) is 45.8 Å². The predicted octanol–water partition coefficient (Wildman–Crippen LogP) is 2.99. The molecule has 2 aromatic heterocycles. The number of aryl methyl sites for hydroxylation is 1. The van der Waals surface area contributed by atoms with Crippen molar-refractivity contribution in [3.63, 3.8) is 0 Å². The van der Waals surface area contributed by atoms with Gasteiger partial charge in [-0.2, -0.15) is 5.10 Å². The van der Waals surface area contributed by atoms with Crippen LogP contribution in [-0.4, -0.2) is 14.8 Å². The van der Waals surface area contributed by atoms with Crippen LogP contribution >= 0.6 is 11.3 Å². The average Bonchev–Trinajstić information content (AvgIpc) is 3.02. The second-order valence-corrected chi connectivity index (χ2v) is 5.25. The lowest BCUT2D eigenvalue weighted by molar-refractivity contribution is 0.516. The van der Waals surface area contributed by atoms with Gasteiger partial charge in [-0.25, -0.2) is 4.98 Å². The van der Waals surface area contributed by atoms with Crippen LogP contribution in [0.15, 0.2) is 24.0 Å². The van der Waals surface area contributed by atoms with Crippen LogP contribution < -0.4 is 5.32 Å². The summed E-state index contributed by atoms with van der Waals surface area (Å²) < 4.78 is 2.00. The van der Waals surface area contributed by atoms with Gasteiger partial charge in [0.15, 0.2) is 0 Å². The molecule has 0 fully saturated rings. The Morgan fingerprint density at radius 1 is 1.44 bits per heavy atom. The van der Waals surface area contributed by atoms with E-state index in [2.05, 4.69) is 35.4 Å². The van der Waals surface area contributed by atoms with Crippen LogP contribution in [0.4, 0.5) is 0 Å². The quantitative estimate of drug-likeness (QED) is 0.836. The van der Waals surface area contributed by atoms with E-state index in [9.17, 15) is 0 Å². The summed E-state index contributed by atoms with van der Waals surface area (Å²) in [6.45, 7) is 6.18. The number of nitrogens with one attached hydrogen (secondary N) is 1. The molecule has 2 rings (SSSR count). The highest BCUT2D eigenvalue weighted by molar-refractivity contribution is 7.09. The molecular weight excluding hydrogens is 244 g/mol. The smallest absolute Gasteiger partial charge is 0.109 e. The van der Waals surface area contributed by atoms with E-state index in [0.717, 1.165) is 25.9 Å². The van der Waals surface area contributed by atoms with Gasteiger partial charge in [-0.1, -0.05) is 13.8 Å². The van der Waals surface area contributed by atoms with Crippen molar-refractivity contribution < 1.29 is 0 Å². The summed E-state index contributed by atoms with van der Waals surface area (Å²) in [5, 5.41) is 11.1. The molecule has 0 aliphatic carbocycles. The fraction of sp³-hybridized carbons (Fsp3) is 0.538. The molecule has 18 heavy (non-hydrogen) atoms. The standard InChI is InChI=1S/C13H20N4S/c1-3-6-17-10-11(9-16-17)8-15-12(4-2)13-14-5-7-18-13/h5,7,9-10,12,15H,3-4,6,8H2,1-2H3. The molecule has 5 heteroatoms. The van der Waals surface area contributed by atoms with E-state index in [1.165, 1.54) is 10.6 Å². The summed E-state index contributed by atoms with van der Waals surface area (Å²) in [4.78, 5) is 4.37. The minimum atomic E-state index is 0.347. The van der Waals surface area contributed by atoms with Gasteiger partial charge < -0.3 is 5.32 Å². The third-order valence-corrected chi connectivity index (χ3v) is 3.74. The topological polar surface area (TPSA) is 42.7 Å². The second-order valence-electron chi connectivity index (χ2n) is 4.32. The molecule has 0 aromatic carbocycles. The molecule has 0 aliphatic heterocycles. The molecule has 0 radical (unpaired) electrons. The fourth-order valence-electron chi connectivity index (χ4n) is 1.90. The largest absolute Gasteiger partial charge is 0.304 e. The molecule has 1 atom stereocenters. The van der Waals surface area contributed by atoms with Crippen LogP contribution in [0.25, 0.3) is 0 Å². The zero-order valence-electron chi connectivity index (χ0n) is 11.0. The first-order valence-corrected chi connectivity index (χ1v) is 7.35. The lowest BCUT2D eigenvalue weighted by Crippen LogP contribution is -2.19. The van der Waals surface area contributed by atoms with Gasteiger partial charge in [-0.3, -0.25) is 4.68 Å². The second kappa shape index (κ2) is 6.66. The zero-order valence-corrected chi connectivity index (χ0v) is 11.8. The van der Waals surface area contributed by atoms with E-state index in [4.69, 9.17) is 0 Å². The first kappa shape index (κ1) is 13.2. The Labute approximate surface area is 112 Å². The molecule has 0 saturated heterocycles. The Morgan fingerprint density at radius 2 is 2.33 bits per heavy atom. The highest BCUT2D eigenvalue weighted by atomic mass is 32.1. The Hall–Kier alpha value is -1.20. The van der Waals surface area contributed by atoms with Crippen LogP contribution in [-0.2, 0) is 13.1 Å². The van der Waals surface area contributed by atoms with Crippen molar-refractivity contribution in [1.29, 1.82) is 0 Å². The lowest BCUT2D eigenvalue weighted by Gasteiger charge is -2.13. The molecular formula is C13H20N4S. The van der Waals surface area contributed by atoms with E-state index in [1.807, 2.05) is 22.5 Å². The molecule has 2 aromatic rings. The summed E-state index contributed by atoms with van der Waals surface area (Å²) in [6.07, 6.45) is 8.09. The van der Waals surface area contributed by atoms with Gasteiger partial charge >= 0.3 is 0 Å². The van der Waals surface area contributed by atoms with Gasteiger partial charge in [0.25, 0.3) is 0 Å². The number of nitrogens with zero attached hydrogens (tertiary/aromatic N) is 3. The normalized spacial score (nSPS) is 12.8. The Balaban J connectivity index is 1.89. The molecule has 0 amide bonds. The van der Waals surface area contributed by atoms with E-state index >= 15 is 0 Å². The van der Waals surface area contributed by atoms with Gasteiger partial charge in [0, 0.05) is 36.4 Å². The average molecular weight is 264 g/mol. The molecule has 4 nitrogen and oxygen atoms in total. The Morgan fingerprint density at radius 3 is 3.00 bits per heavy atom. The maximum atomic E-state index is 4.37. The number of rotatable bonds is 7. The third-order valence-electron chi connectivity index (χ3n) is 2.85. The monoisotopic (exact) mass is 264 g/mol. The summed E-state index contributed by atoms with van der Waals surface area (Å²) in [6, 6.07) is 0.347. The number of hydrogen-bond donors (Lipinski definition) is 1. The molecule has 0 aliphatic rings. The summed E-state index contributed by atoms with van der Waals surface area (Å²) in [5.74, 6) is 0. The van der Waals surface area contributed by atoms with E-state index in [-0.39, 0.29) is 0 Å².